The standard InChI is InChI=1S/C50H57NO11S/c1-33(52)26-27-40(53)60-45-43(57-32-38-22-14-8-15-23-38)41(55-30-36-18-10-6-11-19-36)34(2)58-47(45)61-44-42(56-31-37-20-12-7-13-21-37)35(3)59-48(63-39-24-16-9-17-25-39)46(44)62-49(54)50(4,5)28-29-51/h6-25,34-35,41-48H,26-28,30-32H2,1-5H3/t34-,35-,41-,42-,43+,44+,45+,46+,47-,48-/m0/s1. The number of ether oxygens (including phenoxy) is 8. The van der Waals surface area contributed by atoms with Crippen molar-refractivity contribution in [2.75, 3.05) is 0 Å². The molecule has 12 nitrogen and oxygen atoms in total. The second-order valence-corrected chi connectivity index (χ2v) is 17.7. The fourth-order valence-corrected chi connectivity index (χ4v) is 8.49. The molecule has 2 fully saturated rings. The van der Waals surface area contributed by atoms with E-state index in [9.17, 15) is 19.6 Å². The van der Waals surface area contributed by atoms with Gasteiger partial charge in [0.25, 0.3) is 0 Å². The van der Waals surface area contributed by atoms with Crippen LogP contribution in [0.4, 0.5) is 0 Å². The van der Waals surface area contributed by atoms with Crippen LogP contribution in [0.25, 0.3) is 0 Å². The van der Waals surface area contributed by atoms with Gasteiger partial charge in [0.1, 0.15) is 35.6 Å². The largest absolute Gasteiger partial charge is 0.455 e. The lowest BCUT2D eigenvalue weighted by Gasteiger charge is -2.49. The van der Waals surface area contributed by atoms with Crippen LogP contribution < -0.4 is 0 Å². The molecule has 2 aliphatic heterocycles. The third-order valence-electron chi connectivity index (χ3n) is 10.9. The Bertz CT molecular complexity index is 2080. The third-order valence-corrected chi connectivity index (χ3v) is 12.0. The summed E-state index contributed by atoms with van der Waals surface area (Å²) in [5.74, 6) is -1.47. The highest BCUT2D eigenvalue weighted by Gasteiger charge is 2.55. The van der Waals surface area contributed by atoms with Crippen LogP contribution in [-0.2, 0) is 72.1 Å². The molecule has 2 heterocycles. The summed E-state index contributed by atoms with van der Waals surface area (Å²) in [6, 6.07) is 40.5. The molecule has 10 atom stereocenters. The zero-order valence-electron chi connectivity index (χ0n) is 36.4. The Morgan fingerprint density at radius 2 is 1.10 bits per heavy atom. The maximum Gasteiger partial charge on any atom is 0.313 e. The van der Waals surface area contributed by atoms with Crippen molar-refractivity contribution in [1.82, 2.24) is 0 Å². The molecule has 0 radical (unpaired) electrons. The maximum atomic E-state index is 14.1. The SMILES string of the molecule is CC(=O)CCC(=O)O[C@H]1[C@H](O[C@@H]2[C@@H](OCc3ccccc3)[C@H](C)O[C@@H](Sc3ccccc3)[C@@H]2OC(=O)C(C)(C)CC#N)O[C@@H](C)[C@H](OCc2ccccc2)[C@H]1OCc1ccccc1. The first-order chi connectivity index (χ1) is 30.4. The Labute approximate surface area is 374 Å². The molecule has 13 heteroatoms. The van der Waals surface area contributed by atoms with Gasteiger partial charge >= 0.3 is 11.9 Å². The molecule has 0 amide bonds. The lowest BCUT2D eigenvalue weighted by molar-refractivity contribution is -0.345. The highest BCUT2D eigenvalue weighted by Crippen LogP contribution is 2.41. The lowest BCUT2D eigenvalue weighted by atomic mass is 9.90. The van der Waals surface area contributed by atoms with Crippen molar-refractivity contribution in [1.29, 1.82) is 5.26 Å². The predicted octanol–water partition coefficient (Wildman–Crippen LogP) is 8.54. The van der Waals surface area contributed by atoms with E-state index >= 15 is 0 Å². The van der Waals surface area contributed by atoms with Gasteiger partial charge < -0.3 is 42.7 Å². The van der Waals surface area contributed by atoms with Crippen LogP contribution in [0.3, 0.4) is 0 Å². The molecule has 0 aromatic heterocycles. The summed E-state index contributed by atoms with van der Waals surface area (Å²) in [6.45, 7) is 8.93. The van der Waals surface area contributed by atoms with E-state index in [0.29, 0.717) is 0 Å². The average Bonchev–Trinajstić information content (AvgIpc) is 3.27. The minimum absolute atomic E-state index is 0.0282. The molecule has 0 spiro atoms. The first kappa shape index (κ1) is 47.6. The molecular weight excluding hydrogens is 823 g/mol. The summed E-state index contributed by atoms with van der Waals surface area (Å²) in [4.78, 5) is 40.7. The smallest absolute Gasteiger partial charge is 0.313 e. The van der Waals surface area contributed by atoms with Crippen molar-refractivity contribution >= 4 is 29.5 Å². The van der Waals surface area contributed by atoms with Gasteiger partial charge in [-0.05, 0) is 63.4 Å². The monoisotopic (exact) mass is 879 g/mol. The molecular formula is C50H57NO11S. The van der Waals surface area contributed by atoms with E-state index in [1.807, 2.05) is 135 Å². The Morgan fingerprint density at radius 3 is 1.60 bits per heavy atom. The maximum absolute atomic E-state index is 14.1. The van der Waals surface area contributed by atoms with Gasteiger partial charge in [0, 0.05) is 11.3 Å². The summed E-state index contributed by atoms with van der Waals surface area (Å²) in [5, 5.41) is 9.66. The molecule has 334 valence electrons. The topological polar surface area (TPSA) is 149 Å². The van der Waals surface area contributed by atoms with Gasteiger partial charge in [0.15, 0.2) is 18.5 Å². The number of esters is 2. The van der Waals surface area contributed by atoms with Gasteiger partial charge in [-0.25, -0.2) is 0 Å². The number of carbonyl (C=O) groups excluding carboxylic acids is 3. The van der Waals surface area contributed by atoms with Crippen LogP contribution in [-0.4, -0.2) is 78.3 Å². The Hall–Kier alpha value is -4.91. The summed E-state index contributed by atoms with van der Waals surface area (Å²) < 4.78 is 53.2. The second-order valence-electron chi connectivity index (χ2n) is 16.5. The number of thioether (sulfide) groups is 1. The Morgan fingerprint density at radius 1 is 0.619 bits per heavy atom. The van der Waals surface area contributed by atoms with Gasteiger partial charge in [-0.2, -0.15) is 5.26 Å². The zero-order chi connectivity index (χ0) is 44.8. The number of Topliss-reactive ketones (excluding diaryl/α,β-unsaturated/α-hetero) is 1. The van der Waals surface area contributed by atoms with Crippen LogP contribution in [0.15, 0.2) is 126 Å². The number of benzene rings is 4. The number of hydrogen-bond donors (Lipinski definition) is 0. The van der Waals surface area contributed by atoms with Gasteiger partial charge in [0.05, 0.1) is 56.4 Å². The number of nitrogens with zero attached hydrogens (tertiary/aromatic N) is 1. The molecule has 2 aliphatic rings. The predicted molar refractivity (Wildman–Crippen MR) is 235 cm³/mol. The van der Waals surface area contributed by atoms with E-state index in [1.54, 1.807) is 13.8 Å². The van der Waals surface area contributed by atoms with Crippen LogP contribution in [0, 0.1) is 16.7 Å². The van der Waals surface area contributed by atoms with Crippen molar-refractivity contribution in [3.05, 3.63) is 138 Å². The van der Waals surface area contributed by atoms with Crippen molar-refractivity contribution in [3.8, 4) is 6.07 Å². The summed E-state index contributed by atoms with van der Waals surface area (Å²) in [5.41, 5.74) is 0.670. The van der Waals surface area contributed by atoms with Crippen molar-refractivity contribution in [2.24, 2.45) is 5.41 Å². The number of hydrogen-bond acceptors (Lipinski definition) is 13. The molecule has 0 aliphatic carbocycles. The third kappa shape index (κ3) is 13.5. The minimum Gasteiger partial charge on any atom is -0.455 e. The van der Waals surface area contributed by atoms with Crippen LogP contribution >= 0.6 is 11.8 Å². The molecule has 0 N–H and O–H groups in total. The molecule has 4 aromatic carbocycles. The molecule has 0 saturated carbocycles. The molecule has 6 rings (SSSR count). The fourth-order valence-electron chi connectivity index (χ4n) is 7.34. The van der Waals surface area contributed by atoms with Gasteiger partial charge in [-0.1, -0.05) is 121 Å². The van der Waals surface area contributed by atoms with Gasteiger partial charge in [-0.3, -0.25) is 9.59 Å². The Kier molecular flexibility index (Phi) is 17.5. The lowest BCUT2D eigenvalue weighted by Crippen LogP contribution is -2.65. The van der Waals surface area contributed by atoms with Crippen molar-refractivity contribution < 1.29 is 52.3 Å². The number of ketones is 1. The first-order valence-electron chi connectivity index (χ1n) is 21.3. The van der Waals surface area contributed by atoms with Crippen LogP contribution in [0.5, 0.6) is 0 Å². The summed E-state index contributed by atoms with van der Waals surface area (Å²) in [7, 11) is 0. The molecule has 0 unspecified atom stereocenters. The average molecular weight is 880 g/mol. The molecule has 63 heavy (non-hydrogen) atoms. The number of nitriles is 1. The van der Waals surface area contributed by atoms with E-state index in [1.165, 1.54) is 18.7 Å². The summed E-state index contributed by atoms with van der Waals surface area (Å²) in [6.07, 6.45) is -8.99. The fraction of sp³-hybridized carbons (Fsp3) is 0.440. The van der Waals surface area contributed by atoms with E-state index in [2.05, 4.69) is 6.07 Å². The van der Waals surface area contributed by atoms with E-state index in [-0.39, 0.29) is 44.9 Å². The molecule has 2 saturated heterocycles. The minimum atomic E-state index is -1.33. The van der Waals surface area contributed by atoms with Gasteiger partial charge in [0.2, 0.25) is 0 Å². The zero-order valence-corrected chi connectivity index (χ0v) is 37.2. The van der Waals surface area contributed by atoms with Crippen LogP contribution in [0.1, 0.15) is 70.6 Å². The number of rotatable bonds is 20. The normalized spacial score (nSPS) is 26.0. The Balaban J connectivity index is 1.42. The van der Waals surface area contributed by atoms with Crippen molar-refractivity contribution in [2.45, 2.75) is 139 Å². The van der Waals surface area contributed by atoms with E-state index in [4.69, 9.17) is 37.9 Å². The molecule has 0 bridgehead atoms. The highest BCUT2D eigenvalue weighted by molar-refractivity contribution is 7.99. The van der Waals surface area contributed by atoms with Gasteiger partial charge in [-0.15, -0.1) is 0 Å². The number of carbonyl (C=O) groups is 3. The van der Waals surface area contributed by atoms with E-state index < -0.39 is 77.9 Å². The second kappa shape index (κ2) is 23.1. The molecule has 4 aromatic rings. The highest BCUT2D eigenvalue weighted by atomic mass is 32.2. The van der Waals surface area contributed by atoms with Crippen LogP contribution in [0.2, 0.25) is 0 Å². The van der Waals surface area contributed by atoms with E-state index in [0.717, 1.165) is 21.6 Å². The summed E-state index contributed by atoms with van der Waals surface area (Å²) >= 11 is 1.35. The first-order valence-corrected chi connectivity index (χ1v) is 22.2. The quantitative estimate of drug-likeness (QED) is 0.0782. The van der Waals surface area contributed by atoms with Crippen molar-refractivity contribution in [3.63, 3.8) is 0 Å².